The fourth-order valence-corrected chi connectivity index (χ4v) is 4.15. The standard InChI is InChI=1S/C21H20F3N7O/c1-2-30-10-15(11-30)20(32,21(22,23)24)14-3-4-17(26-8-14)31-9-13(7-29-31)16-5-6-25-19-18(16)27-12-28-19/h3-9,12,15,32H,2,10-11H2,1H3,(H,25,27,28). The SMILES string of the molecule is CCN1CC(C(O)(c2ccc(-n3cc(-c4ccnc5nc[nH]c45)cn3)nc2)C(F)(F)F)C1. The monoisotopic (exact) mass is 443 g/mol. The van der Waals surface area contributed by atoms with E-state index in [-0.39, 0.29) is 18.7 Å². The molecule has 0 aliphatic carbocycles. The van der Waals surface area contributed by atoms with Gasteiger partial charge in [-0.3, -0.25) is 0 Å². The van der Waals surface area contributed by atoms with Gasteiger partial charge in [0.25, 0.3) is 0 Å². The molecule has 0 radical (unpaired) electrons. The summed E-state index contributed by atoms with van der Waals surface area (Å²) in [5.41, 5.74) is -0.270. The highest BCUT2D eigenvalue weighted by molar-refractivity contribution is 5.88. The molecule has 8 nitrogen and oxygen atoms in total. The number of imidazole rings is 1. The van der Waals surface area contributed by atoms with Gasteiger partial charge in [0.15, 0.2) is 17.1 Å². The van der Waals surface area contributed by atoms with Crippen molar-refractivity contribution in [3.63, 3.8) is 0 Å². The molecular weight excluding hydrogens is 423 g/mol. The molecule has 1 saturated heterocycles. The molecule has 1 aliphatic heterocycles. The van der Waals surface area contributed by atoms with Crippen LogP contribution in [0.25, 0.3) is 28.1 Å². The predicted molar refractivity (Wildman–Crippen MR) is 110 cm³/mol. The van der Waals surface area contributed by atoms with Gasteiger partial charge in [-0.2, -0.15) is 18.3 Å². The topological polar surface area (TPSA) is 95.8 Å². The molecule has 4 aromatic rings. The molecule has 1 unspecified atom stereocenters. The van der Waals surface area contributed by atoms with Crippen LogP contribution in [-0.2, 0) is 5.60 Å². The lowest BCUT2D eigenvalue weighted by atomic mass is 9.76. The summed E-state index contributed by atoms with van der Waals surface area (Å²) in [6.07, 6.45) is 2.81. The molecule has 4 aromatic heterocycles. The van der Waals surface area contributed by atoms with Crippen molar-refractivity contribution >= 4 is 11.2 Å². The molecule has 1 atom stereocenters. The number of nitrogens with zero attached hydrogens (tertiary/aromatic N) is 6. The predicted octanol–water partition coefficient (Wildman–Crippen LogP) is 2.91. The number of hydrogen-bond acceptors (Lipinski definition) is 6. The summed E-state index contributed by atoms with van der Waals surface area (Å²) in [6.45, 7) is 2.89. The second kappa shape index (κ2) is 7.38. The molecule has 0 bridgehead atoms. The van der Waals surface area contributed by atoms with Crippen molar-refractivity contribution in [2.75, 3.05) is 19.6 Å². The summed E-state index contributed by atoms with van der Waals surface area (Å²) >= 11 is 0. The summed E-state index contributed by atoms with van der Waals surface area (Å²) in [5, 5.41) is 15.0. The van der Waals surface area contributed by atoms with E-state index >= 15 is 0 Å². The second-order valence-corrected chi connectivity index (χ2v) is 7.85. The zero-order chi connectivity index (χ0) is 22.5. The zero-order valence-electron chi connectivity index (χ0n) is 17.1. The maximum atomic E-state index is 13.9. The van der Waals surface area contributed by atoms with E-state index in [2.05, 4.69) is 25.0 Å². The van der Waals surface area contributed by atoms with E-state index in [9.17, 15) is 18.3 Å². The number of fused-ring (bicyclic) bond motifs is 1. The van der Waals surface area contributed by atoms with Crippen molar-refractivity contribution in [3.8, 4) is 16.9 Å². The molecule has 2 N–H and O–H groups in total. The Bertz CT molecular complexity index is 1240. The third-order valence-corrected chi connectivity index (χ3v) is 6.07. The Kier molecular flexibility index (Phi) is 4.75. The number of hydrogen-bond donors (Lipinski definition) is 2. The van der Waals surface area contributed by atoms with Crippen molar-refractivity contribution in [2.24, 2.45) is 5.92 Å². The van der Waals surface area contributed by atoms with Gasteiger partial charge in [-0.15, -0.1) is 0 Å². The van der Waals surface area contributed by atoms with Crippen LogP contribution in [0, 0.1) is 5.92 Å². The molecule has 32 heavy (non-hydrogen) atoms. The Morgan fingerprint density at radius 1 is 1.12 bits per heavy atom. The van der Waals surface area contributed by atoms with Gasteiger partial charge in [0.1, 0.15) is 0 Å². The first kappa shape index (κ1) is 20.6. The molecule has 0 amide bonds. The molecule has 0 saturated carbocycles. The number of aromatic amines is 1. The zero-order valence-corrected chi connectivity index (χ0v) is 17.1. The Labute approximate surface area is 180 Å². The molecule has 5 heterocycles. The van der Waals surface area contributed by atoms with Crippen LogP contribution in [0.2, 0.25) is 0 Å². The Hall–Kier alpha value is -3.31. The highest BCUT2D eigenvalue weighted by Crippen LogP contribution is 2.47. The lowest BCUT2D eigenvalue weighted by Gasteiger charge is -2.48. The number of nitrogens with one attached hydrogen (secondary N) is 1. The number of aromatic nitrogens is 6. The number of pyridine rings is 2. The maximum Gasteiger partial charge on any atom is 0.421 e. The Morgan fingerprint density at radius 2 is 1.94 bits per heavy atom. The number of halogens is 3. The molecule has 11 heteroatoms. The van der Waals surface area contributed by atoms with E-state index in [1.807, 2.05) is 17.9 Å². The summed E-state index contributed by atoms with van der Waals surface area (Å²) in [6, 6.07) is 4.52. The van der Waals surface area contributed by atoms with Gasteiger partial charge in [-0.25, -0.2) is 19.6 Å². The van der Waals surface area contributed by atoms with Crippen LogP contribution in [-0.4, -0.2) is 65.5 Å². The minimum atomic E-state index is -4.81. The minimum absolute atomic E-state index is 0.185. The van der Waals surface area contributed by atoms with Gasteiger partial charge < -0.3 is 15.0 Å². The fraction of sp³-hybridized carbons (Fsp3) is 0.333. The number of aliphatic hydroxyl groups is 1. The van der Waals surface area contributed by atoms with Crippen LogP contribution in [0.4, 0.5) is 13.2 Å². The number of H-pyrrole nitrogens is 1. The van der Waals surface area contributed by atoms with E-state index < -0.39 is 17.7 Å². The third kappa shape index (κ3) is 3.16. The van der Waals surface area contributed by atoms with Gasteiger partial charge in [-0.1, -0.05) is 13.0 Å². The molecule has 0 spiro atoms. The third-order valence-electron chi connectivity index (χ3n) is 6.07. The van der Waals surface area contributed by atoms with Crippen LogP contribution in [0.15, 0.2) is 49.3 Å². The van der Waals surface area contributed by atoms with Gasteiger partial charge >= 0.3 is 6.18 Å². The summed E-state index contributed by atoms with van der Waals surface area (Å²) < 4.78 is 43.1. The van der Waals surface area contributed by atoms with E-state index in [1.54, 1.807) is 24.9 Å². The van der Waals surface area contributed by atoms with Crippen molar-refractivity contribution in [3.05, 3.63) is 54.9 Å². The highest BCUT2D eigenvalue weighted by atomic mass is 19.4. The van der Waals surface area contributed by atoms with Crippen molar-refractivity contribution in [1.82, 2.24) is 34.6 Å². The lowest BCUT2D eigenvalue weighted by molar-refractivity contribution is -0.300. The van der Waals surface area contributed by atoms with Crippen LogP contribution in [0.3, 0.4) is 0 Å². The Morgan fingerprint density at radius 3 is 2.62 bits per heavy atom. The minimum Gasteiger partial charge on any atom is -0.376 e. The molecule has 1 fully saturated rings. The van der Waals surface area contributed by atoms with Gasteiger partial charge in [-0.05, 0) is 18.7 Å². The maximum absolute atomic E-state index is 13.9. The van der Waals surface area contributed by atoms with E-state index in [4.69, 9.17) is 0 Å². The van der Waals surface area contributed by atoms with Gasteiger partial charge in [0, 0.05) is 54.3 Å². The van der Waals surface area contributed by atoms with E-state index in [0.717, 1.165) is 22.8 Å². The smallest absolute Gasteiger partial charge is 0.376 e. The normalized spacial score (nSPS) is 17.4. The molecule has 166 valence electrons. The lowest BCUT2D eigenvalue weighted by Crippen LogP contribution is -2.61. The van der Waals surface area contributed by atoms with Gasteiger partial charge in [0.05, 0.1) is 18.0 Å². The van der Waals surface area contributed by atoms with Crippen LogP contribution >= 0.6 is 0 Å². The first-order valence-corrected chi connectivity index (χ1v) is 10.1. The van der Waals surface area contributed by atoms with E-state index in [1.165, 1.54) is 16.8 Å². The quantitative estimate of drug-likeness (QED) is 0.493. The first-order valence-electron chi connectivity index (χ1n) is 10.1. The van der Waals surface area contributed by atoms with Crippen molar-refractivity contribution in [1.29, 1.82) is 0 Å². The van der Waals surface area contributed by atoms with Crippen LogP contribution < -0.4 is 0 Å². The number of alkyl halides is 3. The number of rotatable bonds is 5. The molecule has 5 rings (SSSR count). The molecule has 0 aromatic carbocycles. The Balaban J connectivity index is 1.44. The summed E-state index contributed by atoms with van der Waals surface area (Å²) in [4.78, 5) is 17.4. The summed E-state index contributed by atoms with van der Waals surface area (Å²) in [7, 11) is 0. The highest BCUT2D eigenvalue weighted by Gasteiger charge is 2.62. The summed E-state index contributed by atoms with van der Waals surface area (Å²) in [5.74, 6) is -0.599. The van der Waals surface area contributed by atoms with Crippen LogP contribution in [0.5, 0.6) is 0 Å². The second-order valence-electron chi connectivity index (χ2n) is 7.85. The largest absolute Gasteiger partial charge is 0.421 e. The van der Waals surface area contributed by atoms with Crippen molar-refractivity contribution in [2.45, 2.75) is 18.7 Å². The van der Waals surface area contributed by atoms with Crippen molar-refractivity contribution < 1.29 is 18.3 Å². The average Bonchev–Trinajstić information content (AvgIpc) is 3.41. The fourth-order valence-electron chi connectivity index (χ4n) is 4.15. The van der Waals surface area contributed by atoms with Gasteiger partial charge in [0.2, 0.25) is 0 Å². The van der Waals surface area contributed by atoms with E-state index in [0.29, 0.717) is 18.0 Å². The van der Waals surface area contributed by atoms with Crippen LogP contribution in [0.1, 0.15) is 12.5 Å². The molecule has 1 aliphatic rings. The number of likely N-dealkylation sites (tertiary alicyclic amines) is 1. The molecular formula is C21H20F3N7O. The average molecular weight is 443 g/mol. The first-order chi connectivity index (χ1) is 15.3.